The molecule has 136 valence electrons. The molecular weight excluding hydrogens is 351 g/mol. The van der Waals surface area contributed by atoms with Crippen molar-refractivity contribution in [1.82, 2.24) is 0 Å². The summed E-state index contributed by atoms with van der Waals surface area (Å²) in [7, 11) is 0. The number of amides is 2. The van der Waals surface area contributed by atoms with Gasteiger partial charge in [0.15, 0.2) is 0 Å². The first-order valence-electron chi connectivity index (χ1n) is 8.59. The van der Waals surface area contributed by atoms with Crippen molar-refractivity contribution in [3.63, 3.8) is 0 Å². The van der Waals surface area contributed by atoms with E-state index in [0.717, 1.165) is 12.0 Å². The van der Waals surface area contributed by atoms with Gasteiger partial charge in [-0.15, -0.1) is 11.8 Å². The minimum Gasteiger partial charge on any atom is -0.326 e. The van der Waals surface area contributed by atoms with Crippen LogP contribution in [0.5, 0.6) is 0 Å². The largest absolute Gasteiger partial charge is 0.326 e. The van der Waals surface area contributed by atoms with Crippen LogP contribution >= 0.6 is 11.8 Å². The first-order valence-corrected chi connectivity index (χ1v) is 9.64. The Hall–Kier alpha value is -2.34. The normalized spacial score (nSPS) is 16.8. The predicted molar refractivity (Wildman–Crippen MR) is 104 cm³/mol. The van der Waals surface area contributed by atoms with Crippen LogP contribution in [0, 0.1) is 12.7 Å². The van der Waals surface area contributed by atoms with Crippen LogP contribution in [0.15, 0.2) is 42.5 Å². The molecule has 1 aliphatic heterocycles. The molecule has 1 saturated heterocycles. The molecule has 1 heterocycles. The van der Waals surface area contributed by atoms with Crippen molar-refractivity contribution in [2.45, 2.75) is 32.1 Å². The van der Waals surface area contributed by atoms with Crippen molar-refractivity contribution in [2.24, 2.45) is 0 Å². The van der Waals surface area contributed by atoms with Gasteiger partial charge in [0.2, 0.25) is 11.8 Å². The minimum atomic E-state index is -0.327. The van der Waals surface area contributed by atoms with E-state index >= 15 is 0 Å². The molecule has 2 amide bonds. The molecular formula is C20H21FN2O2S. The first kappa shape index (κ1) is 18.5. The fraction of sp³-hybridized carbons (Fsp3) is 0.300. The lowest BCUT2D eigenvalue weighted by Crippen LogP contribution is -2.28. The maximum atomic E-state index is 14.0. The van der Waals surface area contributed by atoms with Crippen LogP contribution in [0.2, 0.25) is 0 Å². The van der Waals surface area contributed by atoms with Gasteiger partial charge in [-0.25, -0.2) is 4.39 Å². The van der Waals surface area contributed by atoms with Gasteiger partial charge in [-0.1, -0.05) is 25.1 Å². The second-order valence-corrected chi connectivity index (χ2v) is 7.35. The van der Waals surface area contributed by atoms with E-state index in [0.29, 0.717) is 29.1 Å². The molecule has 1 atom stereocenters. The van der Waals surface area contributed by atoms with Crippen molar-refractivity contribution in [2.75, 3.05) is 16.0 Å². The van der Waals surface area contributed by atoms with E-state index in [1.54, 1.807) is 24.0 Å². The highest BCUT2D eigenvalue weighted by Gasteiger charge is 2.34. The monoisotopic (exact) mass is 372 g/mol. The number of halogens is 1. The second kappa shape index (κ2) is 7.91. The summed E-state index contributed by atoms with van der Waals surface area (Å²) in [5.41, 5.74) is 2.70. The van der Waals surface area contributed by atoms with Gasteiger partial charge in [0.05, 0.1) is 5.75 Å². The first-order chi connectivity index (χ1) is 12.5. The van der Waals surface area contributed by atoms with Gasteiger partial charge in [0, 0.05) is 17.8 Å². The second-order valence-electron chi connectivity index (χ2n) is 6.28. The topological polar surface area (TPSA) is 49.4 Å². The minimum absolute atomic E-state index is 0.0303. The molecule has 2 aromatic carbocycles. The van der Waals surface area contributed by atoms with E-state index in [4.69, 9.17) is 0 Å². The Labute approximate surface area is 156 Å². The van der Waals surface area contributed by atoms with Gasteiger partial charge in [-0.05, 0) is 48.7 Å². The summed E-state index contributed by atoms with van der Waals surface area (Å²) in [6, 6.07) is 12.3. The van der Waals surface area contributed by atoms with Gasteiger partial charge < -0.3 is 5.32 Å². The average molecular weight is 372 g/mol. The third kappa shape index (κ3) is 3.90. The fourth-order valence-electron chi connectivity index (χ4n) is 2.90. The maximum absolute atomic E-state index is 14.0. The highest BCUT2D eigenvalue weighted by atomic mass is 32.2. The number of hydrogen-bond acceptors (Lipinski definition) is 3. The molecule has 0 spiro atoms. The molecule has 6 heteroatoms. The summed E-state index contributed by atoms with van der Waals surface area (Å²) >= 11 is 1.50. The van der Waals surface area contributed by atoms with Crippen molar-refractivity contribution in [3.8, 4) is 0 Å². The van der Waals surface area contributed by atoms with Crippen molar-refractivity contribution in [3.05, 3.63) is 59.4 Å². The number of carbonyl (C=O) groups is 2. The number of aryl methyl sites for hydroxylation is 1. The summed E-state index contributed by atoms with van der Waals surface area (Å²) in [5.74, 6) is -0.0699. The summed E-state index contributed by atoms with van der Waals surface area (Å²) in [4.78, 5) is 25.9. The van der Waals surface area contributed by atoms with Crippen molar-refractivity contribution in [1.29, 1.82) is 0 Å². The van der Waals surface area contributed by atoms with Crippen molar-refractivity contribution < 1.29 is 14.0 Å². The average Bonchev–Trinajstić information content (AvgIpc) is 2.99. The Balaban J connectivity index is 1.88. The molecule has 1 aliphatic rings. The molecule has 0 unspecified atom stereocenters. The molecule has 0 radical (unpaired) electrons. The Morgan fingerprint density at radius 2 is 2.12 bits per heavy atom. The number of nitrogens with zero attached hydrogens (tertiary/aromatic N) is 1. The predicted octanol–water partition coefficient (Wildman–Crippen LogP) is 4.65. The summed E-state index contributed by atoms with van der Waals surface area (Å²) in [5, 5.41) is 2.63. The molecule has 2 aromatic rings. The molecule has 4 nitrogen and oxygen atoms in total. The Bertz CT molecular complexity index is 840. The molecule has 26 heavy (non-hydrogen) atoms. The van der Waals surface area contributed by atoms with Gasteiger partial charge in [0.1, 0.15) is 11.2 Å². The van der Waals surface area contributed by atoms with Crippen LogP contribution < -0.4 is 10.2 Å². The SMILES string of the molecule is CCCC(=O)Nc1cccc([C@@H]2SCC(=O)N2c2ccc(C)c(F)c2)c1. The molecule has 0 aromatic heterocycles. The Kier molecular flexibility index (Phi) is 5.61. The van der Waals surface area contributed by atoms with Gasteiger partial charge in [-0.2, -0.15) is 0 Å². The van der Waals surface area contributed by atoms with Crippen LogP contribution in [-0.2, 0) is 9.59 Å². The van der Waals surface area contributed by atoms with Crippen LogP contribution in [0.3, 0.4) is 0 Å². The van der Waals surface area contributed by atoms with E-state index in [1.165, 1.54) is 17.8 Å². The van der Waals surface area contributed by atoms with Gasteiger partial charge >= 0.3 is 0 Å². The lowest BCUT2D eigenvalue weighted by atomic mass is 10.1. The van der Waals surface area contributed by atoms with E-state index < -0.39 is 0 Å². The Morgan fingerprint density at radius 3 is 2.85 bits per heavy atom. The lowest BCUT2D eigenvalue weighted by molar-refractivity contribution is -0.116. The number of carbonyl (C=O) groups excluding carboxylic acids is 2. The quantitative estimate of drug-likeness (QED) is 0.831. The Morgan fingerprint density at radius 1 is 1.31 bits per heavy atom. The number of rotatable bonds is 5. The molecule has 0 aliphatic carbocycles. The number of hydrogen-bond donors (Lipinski definition) is 1. The summed E-state index contributed by atoms with van der Waals surface area (Å²) in [6.45, 7) is 3.65. The highest BCUT2D eigenvalue weighted by molar-refractivity contribution is 8.00. The third-order valence-electron chi connectivity index (χ3n) is 4.23. The van der Waals surface area contributed by atoms with E-state index in [9.17, 15) is 14.0 Å². The van der Waals surface area contributed by atoms with E-state index in [-0.39, 0.29) is 23.0 Å². The number of benzene rings is 2. The van der Waals surface area contributed by atoms with Crippen LogP contribution in [-0.4, -0.2) is 17.6 Å². The number of thioether (sulfide) groups is 1. The van der Waals surface area contributed by atoms with Crippen molar-refractivity contribution >= 4 is 35.0 Å². The fourth-order valence-corrected chi connectivity index (χ4v) is 4.07. The molecule has 0 bridgehead atoms. The molecule has 3 rings (SSSR count). The smallest absolute Gasteiger partial charge is 0.238 e. The zero-order chi connectivity index (χ0) is 18.7. The van der Waals surface area contributed by atoms with Gasteiger partial charge in [-0.3, -0.25) is 14.5 Å². The maximum Gasteiger partial charge on any atom is 0.238 e. The van der Waals surface area contributed by atoms with Crippen LogP contribution in [0.4, 0.5) is 15.8 Å². The van der Waals surface area contributed by atoms with Gasteiger partial charge in [0.25, 0.3) is 0 Å². The summed E-state index contributed by atoms with van der Waals surface area (Å²) in [6.07, 6.45) is 1.25. The molecule has 1 N–H and O–H groups in total. The summed E-state index contributed by atoms with van der Waals surface area (Å²) < 4.78 is 14.0. The van der Waals surface area contributed by atoms with E-state index in [2.05, 4.69) is 5.32 Å². The lowest BCUT2D eigenvalue weighted by Gasteiger charge is -2.25. The molecule has 1 fully saturated rings. The standard InChI is InChI=1S/C20H21FN2O2S/c1-3-5-18(24)22-15-7-4-6-14(10-15)20-23(19(25)12-26-20)16-9-8-13(2)17(21)11-16/h4,6-11,20H,3,5,12H2,1-2H3,(H,22,24)/t20-/m0/s1. The van der Waals surface area contributed by atoms with Crippen LogP contribution in [0.25, 0.3) is 0 Å². The number of nitrogens with one attached hydrogen (secondary N) is 1. The zero-order valence-electron chi connectivity index (χ0n) is 14.8. The molecule has 0 saturated carbocycles. The van der Waals surface area contributed by atoms with Crippen LogP contribution in [0.1, 0.15) is 36.3 Å². The highest BCUT2D eigenvalue weighted by Crippen LogP contribution is 2.42. The third-order valence-corrected chi connectivity index (χ3v) is 5.45. The van der Waals surface area contributed by atoms with E-state index in [1.807, 2.05) is 31.2 Å². The zero-order valence-corrected chi connectivity index (χ0v) is 15.6. The number of anilines is 2.